The normalized spacial score (nSPS) is 27.7. The number of carbonyl (C=O) groups excluding carboxylic acids is 1. The maximum Gasteiger partial charge on any atom is 0.290 e. The summed E-state index contributed by atoms with van der Waals surface area (Å²) in [6.45, 7) is 0. The van der Waals surface area contributed by atoms with Gasteiger partial charge in [-0.2, -0.15) is 5.11 Å². The SMILES string of the molecule is O=C1N=NC=C(OC2CCCCC2)C1Cl. The molecule has 0 spiro atoms. The number of halogens is 1. The van der Waals surface area contributed by atoms with E-state index >= 15 is 0 Å². The average molecular weight is 229 g/mol. The van der Waals surface area contributed by atoms with Crippen molar-refractivity contribution in [3.63, 3.8) is 0 Å². The van der Waals surface area contributed by atoms with Crippen molar-refractivity contribution in [2.75, 3.05) is 0 Å². The standard InChI is InChI=1S/C10H13ClN2O2/c11-9-8(6-12-13-10(9)14)15-7-4-2-1-3-5-7/h6-7,9H,1-5H2. The van der Waals surface area contributed by atoms with Crippen LogP contribution < -0.4 is 0 Å². The van der Waals surface area contributed by atoms with Crippen molar-refractivity contribution in [3.05, 3.63) is 12.0 Å². The zero-order valence-electron chi connectivity index (χ0n) is 8.36. The van der Waals surface area contributed by atoms with Crippen molar-refractivity contribution in [1.29, 1.82) is 0 Å². The fourth-order valence-electron chi connectivity index (χ4n) is 1.85. The lowest BCUT2D eigenvalue weighted by Crippen LogP contribution is -2.24. The van der Waals surface area contributed by atoms with Crippen LogP contribution in [-0.4, -0.2) is 17.4 Å². The van der Waals surface area contributed by atoms with Crippen molar-refractivity contribution in [3.8, 4) is 0 Å². The van der Waals surface area contributed by atoms with Crippen LogP contribution >= 0.6 is 11.6 Å². The highest BCUT2D eigenvalue weighted by Gasteiger charge is 2.27. The summed E-state index contributed by atoms with van der Waals surface area (Å²) in [6, 6.07) is 0. The van der Waals surface area contributed by atoms with Gasteiger partial charge in [0.25, 0.3) is 5.91 Å². The summed E-state index contributed by atoms with van der Waals surface area (Å²) in [7, 11) is 0. The first-order valence-corrected chi connectivity index (χ1v) is 5.66. The summed E-state index contributed by atoms with van der Waals surface area (Å²) in [5.41, 5.74) is 0. The molecule has 0 aromatic rings. The Balaban J connectivity index is 1.95. The number of ether oxygens (including phenoxy) is 1. The van der Waals surface area contributed by atoms with E-state index < -0.39 is 11.3 Å². The Hall–Kier alpha value is -0.900. The highest BCUT2D eigenvalue weighted by Crippen LogP contribution is 2.26. The number of alkyl halides is 1. The van der Waals surface area contributed by atoms with Gasteiger partial charge in [0.2, 0.25) is 0 Å². The minimum atomic E-state index is -0.788. The van der Waals surface area contributed by atoms with Gasteiger partial charge in [0, 0.05) is 0 Å². The van der Waals surface area contributed by atoms with Crippen LogP contribution in [0.4, 0.5) is 0 Å². The van der Waals surface area contributed by atoms with E-state index in [4.69, 9.17) is 16.3 Å². The number of amides is 1. The molecule has 0 N–H and O–H groups in total. The lowest BCUT2D eigenvalue weighted by atomic mass is 9.98. The highest BCUT2D eigenvalue weighted by atomic mass is 35.5. The first-order valence-electron chi connectivity index (χ1n) is 5.23. The fraction of sp³-hybridized carbons (Fsp3) is 0.700. The molecule has 0 bridgehead atoms. The predicted octanol–water partition coefficient (Wildman–Crippen LogP) is 2.78. The van der Waals surface area contributed by atoms with Gasteiger partial charge >= 0.3 is 0 Å². The molecule has 15 heavy (non-hydrogen) atoms. The molecule has 1 atom stereocenters. The van der Waals surface area contributed by atoms with Gasteiger partial charge in [-0.25, -0.2) is 0 Å². The Bertz CT molecular complexity index is 309. The largest absolute Gasteiger partial charge is 0.491 e. The second kappa shape index (κ2) is 4.75. The van der Waals surface area contributed by atoms with Crippen LogP contribution in [0.1, 0.15) is 32.1 Å². The molecular formula is C10H13ClN2O2. The predicted molar refractivity (Wildman–Crippen MR) is 55.5 cm³/mol. The summed E-state index contributed by atoms with van der Waals surface area (Å²) < 4.78 is 5.67. The van der Waals surface area contributed by atoms with Gasteiger partial charge in [-0.05, 0) is 25.7 Å². The zero-order valence-corrected chi connectivity index (χ0v) is 9.11. The van der Waals surface area contributed by atoms with Crippen LogP contribution in [-0.2, 0) is 9.53 Å². The monoisotopic (exact) mass is 228 g/mol. The summed E-state index contributed by atoms with van der Waals surface area (Å²) in [5.74, 6) is 0.00791. The minimum absolute atomic E-state index is 0.187. The van der Waals surface area contributed by atoms with Crippen molar-refractivity contribution >= 4 is 17.5 Å². The molecule has 0 aromatic carbocycles. The molecule has 0 saturated heterocycles. The quantitative estimate of drug-likeness (QED) is 0.683. The number of rotatable bonds is 2. The fourth-order valence-corrected chi connectivity index (χ4v) is 2.00. The van der Waals surface area contributed by atoms with E-state index in [2.05, 4.69) is 10.2 Å². The van der Waals surface area contributed by atoms with E-state index in [-0.39, 0.29) is 6.10 Å². The van der Waals surface area contributed by atoms with Gasteiger partial charge in [-0.15, -0.1) is 16.7 Å². The number of nitrogens with zero attached hydrogens (tertiary/aromatic N) is 2. The Kier molecular flexibility index (Phi) is 3.36. The van der Waals surface area contributed by atoms with E-state index in [0.29, 0.717) is 5.76 Å². The van der Waals surface area contributed by atoms with E-state index in [1.165, 1.54) is 25.5 Å². The molecule has 1 aliphatic carbocycles. The van der Waals surface area contributed by atoms with Crippen LogP contribution in [0.5, 0.6) is 0 Å². The van der Waals surface area contributed by atoms with Crippen molar-refractivity contribution < 1.29 is 9.53 Å². The lowest BCUT2D eigenvalue weighted by molar-refractivity contribution is -0.118. The van der Waals surface area contributed by atoms with Gasteiger partial charge in [0.1, 0.15) is 5.76 Å². The summed E-state index contributed by atoms with van der Waals surface area (Å²) in [4.78, 5) is 11.1. The van der Waals surface area contributed by atoms with Crippen molar-refractivity contribution in [2.24, 2.45) is 10.2 Å². The number of hydrogen-bond donors (Lipinski definition) is 0. The van der Waals surface area contributed by atoms with Gasteiger partial charge in [0.05, 0.1) is 12.3 Å². The molecule has 2 rings (SSSR count). The highest BCUT2D eigenvalue weighted by molar-refractivity contribution is 6.32. The molecule has 1 amide bonds. The van der Waals surface area contributed by atoms with E-state index in [1.807, 2.05) is 0 Å². The second-order valence-corrected chi connectivity index (χ2v) is 4.26. The Labute approximate surface area is 93.3 Å². The Morgan fingerprint density at radius 3 is 2.80 bits per heavy atom. The van der Waals surface area contributed by atoms with Crippen LogP contribution in [0, 0.1) is 0 Å². The first kappa shape index (κ1) is 10.6. The van der Waals surface area contributed by atoms with Crippen LogP contribution in [0.25, 0.3) is 0 Å². The first-order chi connectivity index (χ1) is 7.27. The topological polar surface area (TPSA) is 51.0 Å². The summed E-state index contributed by atoms with van der Waals surface area (Å²) >= 11 is 5.86. The third-order valence-corrected chi connectivity index (χ3v) is 3.06. The lowest BCUT2D eigenvalue weighted by Gasteiger charge is -2.25. The van der Waals surface area contributed by atoms with Crippen molar-refractivity contribution in [1.82, 2.24) is 0 Å². The maximum absolute atomic E-state index is 11.1. The van der Waals surface area contributed by atoms with E-state index in [9.17, 15) is 4.79 Å². The smallest absolute Gasteiger partial charge is 0.290 e. The van der Waals surface area contributed by atoms with Crippen LogP contribution in [0.15, 0.2) is 22.2 Å². The van der Waals surface area contributed by atoms with Gasteiger partial charge in [-0.1, -0.05) is 6.42 Å². The second-order valence-electron chi connectivity index (χ2n) is 3.83. The van der Waals surface area contributed by atoms with Crippen LogP contribution in [0.3, 0.4) is 0 Å². The Morgan fingerprint density at radius 1 is 1.33 bits per heavy atom. The van der Waals surface area contributed by atoms with Crippen LogP contribution in [0.2, 0.25) is 0 Å². The molecular weight excluding hydrogens is 216 g/mol. The zero-order chi connectivity index (χ0) is 10.7. The summed E-state index contributed by atoms with van der Waals surface area (Å²) in [6.07, 6.45) is 7.32. The van der Waals surface area contributed by atoms with E-state index in [0.717, 1.165) is 12.8 Å². The molecule has 0 radical (unpaired) electrons. The van der Waals surface area contributed by atoms with Crippen molar-refractivity contribution in [2.45, 2.75) is 43.6 Å². The number of carbonyl (C=O) groups is 1. The molecule has 4 nitrogen and oxygen atoms in total. The van der Waals surface area contributed by atoms with Gasteiger partial charge in [0.15, 0.2) is 5.38 Å². The molecule has 1 heterocycles. The molecule has 82 valence electrons. The number of hydrogen-bond acceptors (Lipinski definition) is 3. The number of azo groups is 1. The third kappa shape index (κ3) is 2.56. The molecule has 1 aliphatic heterocycles. The van der Waals surface area contributed by atoms with E-state index in [1.54, 1.807) is 0 Å². The molecule has 1 fully saturated rings. The molecule has 0 aromatic heterocycles. The third-order valence-electron chi connectivity index (χ3n) is 2.66. The van der Waals surface area contributed by atoms with Gasteiger partial charge < -0.3 is 4.74 Å². The molecule has 2 aliphatic rings. The molecule has 1 saturated carbocycles. The maximum atomic E-state index is 11.1. The summed E-state index contributed by atoms with van der Waals surface area (Å²) in [5, 5.41) is 6.12. The van der Waals surface area contributed by atoms with Gasteiger partial charge in [-0.3, -0.25) is 4.79 Å². The minimum Gasteiger partial charge on any atom is -0.491 e. The Morgan fingerprint density at radius 2 is 2.07 bits per heavy atom. The molecule has 1 unspecified atom stereocenters. The molecule has 5 heteroatoms. The average Bonchev–Trinajstić information content (AvgIpc) is 2.26.